The van der Waals surface area contributed by atoms with Gasteiger partial charge in [0.05, 0.1) is 23.5 Å². The van der Waals surface area contributed by atoms with Gasteiger partial charge in [-0.15, -0.1) is 0 Å². The first kappa shape index (κ1) is 22.5. The summed E-state index contributed by atoms with van der Waals surface area (Å²) in [5.41, 5.74) is 4.62. The van der Waals surface area contributed by atoms with E-state index in [9.17, 15) is 5.26 Å². The van der Waals surface area contributed by atoms with Gasteiger partial charge in [0.2, 0.25) is 0 Å². The number of fused-ring (bicyclic) bond motifs is 1. The van der Waals surface area contributed by atoms with Crippen molar-refractivity contribution in [2.75, 3.05) is 25.1 Å². The van der Waals surface area contributed by atoms with Crippen molar-refractivity contribution in [2.45, 2.75) is 19.8 Å². The standard InChI is InChI=1S/C23H22ClN7O2/c1-2-33-21-14(5-7-26-22-20-23(29-12-28-20)31-13-30-22)9-18(24)17(10-25)19(21)15-3-4-16(6-8-32)27-11-15/h3-4,9,11-13,32H,2,5-8H2,1H3,(H2,26,28,29,30,31). The highest BCUT2D eigenvalue weighted by molar-refractivity contribution is 6.32. The maximum absolute atomic E-state index is 9.81. The van der Waals surface area contributed by atoms with E-state index < -0.39 is 0 Å². The number of nitriles is 1. The number of pyridine rings is 1. The van der Waals surface area contributed by atoms with Crippen molar-refractivity contribution in [1.82, 2.24) is 24.9 Å². The van der Waals surface area contributed by atoms with Gasteiger partial charge >= 0.3 is 0 Å². The number of anilines is 1. The van der Waals surface area contributed by atoms with E-state index in [1.807, 2.05) is 19.1 Å². The Labute approximate surface area is 195 Å². The Morgan fingerprint density at radius 1 is 1.21 bits per heavy atom. The molecule has 0 unspecified atom stereocenters. The summed E-state index contributed by atoms with van der Waals surface area (Å²) < 4.78 is 6.01. The van der Waals surface area contributed by atoms with Crippen LogP contribution >= 0.6 is 11.6 Å². The largest absolute Gasteiger partial charge is 0.493 e. The first-order valence-corrected chi connectivity index (χ1v) is 10.9. The van der Waals surface area contributed by atoms with Gasteiger partial charge in [0.25, 0.3) is 0 Å². The second kappa shape index (κ2) is 10.3. The number of nitrogens with one attached hydrogen (secondary N) is 2. The molecule has 0 amide bonds. The van der Waals surface area contributed by atoms with Crippen LogP contribution in [0.1, 0.15) is 23.7 Å². The Morgan fingerprint density at radius 2 is 2.09 bits per heavy atom. The molecule has 10 heteroatoms. The molecule has 0 radical (unpaired) electrons. The molecular weight excluding hydrogens is 442 g/mol. The minimum atomic E-state index is 0.0193. The van der Waals surface area contributed by atoms with Crippen molar-refractivity contribution < 1.29 is 9.84 Å². The molecule has 0 aliphatic heterocycles. The number of aromatic amines is 1. The molecule has 0 spiro atoms. The van der Waals surface area contributed by atoms with Gasteiger partial charge in [-0.25, -0.2) is 15.0 Å². The fourth-order valence-corrected chi connectivity index (χ4v) is 3.88. The van der Waals surface area contributed by atoms with Crippen molar-refractivity contribution >= 4 is 28.6 Å². The van der Waals surface area contributed by atoms with Crippen LogP contribution < -0.4 is 10.1 Å². The van der Waals surface area contributed by atoms with E-state index in [-0.39, 0.29) is 6.61 Å². The summed E-state index contributed by atoms with van der Waals surface area (Å²) >= 11 is 6.51. The number of benzene rings is 1. The van der Waals surface area contributed by atoms with E-state index in [4.69, 9.17) is 21.4 Å². The van der Waals surface area contributed by atoms with Gasteiger partial charge in [-0.1, -0.05) is 17.7 Å². The SMILES string of the molecule is CCOc1c(CCNc2ncnc3nc[nH]c23)cc(Cl)c(C#N)c1-c1ccc(CCO)nc1. The van der Waals surface area contributed by atoms with Gasteiger partial charge in [-0.05, 0) is 31.0 Å². The summed E-state index contributed by atoms with van der Waals surface area (Å²) in [5, 5.41) is 22.6. The predicted molar refractivity (Wildman–Crippen MR) is 125 cm³/mol. The van der Waals surface area contributed by atoms with Gasteiger partial charge in [-0.3, -0.25) is 4.98 Å². The highest BCUT2D eigenvalue weighted by Crippen LogP contribution is 2.40. The number of rotatable bonds is 9. The third-order valence-corrected chi connectivity index (χ3v) is 5.40. The van der Waals surface area contributed by atoms with Crippen LogP contribution in [0.25, 0.3) is 22.3 Å². The van der Waals surface area contributed by atoms with E-state index >= 15 is 0 Å². The molecule has 3 heterocycles. The molecule has 0 saturated carbocycles. The van der Waals surface area contributed by atoms with Gasteiger partial charge < -0.3 is 20.1 Å². The van der Waals surface area contributed by atoms with Crippen molar-refractivity contribution in [3.63, 3.8) is 0 Å². The third kappa shape index (κ3) is 4.72. The molecule has 0 fully saturated rings. The van der Waals surface area contributed by atoms with Crippen molar-refractivity contribution in [2.24, 2.45) is 0 Å². The highest BCUT2D eigenvalue weighted by Gasteiger charge is 2.20. The molecule has 33 heavy (non-hydrogen) atoms. The summed E-state index contributed by atoms with van der Waals surface area (Å²) in [7, 11) is 0. The predicted octanol–water partition coefficient (Wildman–Crippen LogP) is 3.53. The lowest BCUT2D eigenvalue weighted by Gasteiger charge is -2.18. The lowest BCUT2D eigenvalue weighted by Crippen LogP contribution is -2.10. The number of halogens is 1. The average Bonchev–Trinajstić information content (AvgIpc) is 3.31. The number of hydrogen-bond acceptors (Lipinski definition) is 8. The van der Waals surface area contributed by atoms with Gasteiger partial charge in [0.1, 0.15) is 23.7 Å². The number of nitrogens with zero attached hydrogens (tertiary/aromatic N) is 5. The zero-order valence-electron chi connectivity index (χ0n) is 18.0. The number of H-pyrrole nitrogens is 1. The number of aliphatic hydroxyl groups excluding tert-OH is 1. The molecular formula is C23H22ClN7O2. The smallest absolute Gasteiger partial charge is 0.182 e. The zero-order chi connectivity index (χ0) is 23.2. The summed E-state index contributed by atoms with van der Waals surface area (Å²) in [6, 6.07) is 7.67. The van der Waals surface area contributed by atoms with Crippen LogP contribution in [0, 0.1) is 11.3 Å². The molecule has 3 N–H and O–H groups in total. The molecule has 3 aromatic heterocycles. The Balaban J connectivity index is 1.67. The second-order valence-electron chi connectivity index (χ2n) is 7.15. The van der Waals surface area contributed by atoms with E-state index in [2.05, 4.69) is 36.3 Å². The summed E-state index contributed by atoms with van der Waals surface area (Å²) in [6.07, 6.45) is 5.75. The molecule has 0 aliphatic rings. The van der Waals surface area contributed by atoms with Gasteiger partial charge in [0.15, 0.2) is 11.5 Å². The molecule has 4 aromatic rings. The van der Waals surface area contributed by atoms with E-state index in [0.29, 0.717) is 59.4 Å². The fourth-order valence-electron chi connectivity index (χ4n) is 3.61. The Hall–Kier alpha value is -3.74. The minimum absolute atomic E-state index is 0.0193. The van der Waals surface area contributed by atoms with Crippen LogP contribution in [0.2, 0.25) is 5.02 Å². The van der Waals surface area contributed by atoms with Crippen LogP contribution in [0.4, 0.5) is 5.82 Å². The molecule has 0 aliphatic carbocycles. The number of imidazole rings is 1. The van der Waals surface area contributed by atoms with Crippen LogP contribution in [0.5, 0.6) is 5.75 Å². The van der Waals surface area contributed by atoms with E-state index in [0.717, 1.165) is 22.3 Å². The summed E-state index contributed by atoms with van der Waals surface area (Å²) in [5.74, 6) is 1.26. The molecule has 1 aromatic carbocycles. The monoisotopic (exact) mass is 463 g/mol. The van der Waals surface area contributed by atoms with Crippen LogP contribution in [0.3, 0.4) is 0 Å². The number of hydrogen-bond donors (Lipinski definition) is 3. The third-order valence-electron chi connectivity index (χ3n) is 5.10. The molecule has 0 bridgehead atoms. The molecule has 0 saturated heterocycles. The van der Waals surface area contributed by atoms with Crippen LogP contribution in [0.15, 0.2) is 37.1 Å². The number of aromatic nitrogens is 5. The lowest BCUT2D eigenvalue weighted by molar-refractivity contribution is 0.298. The van der Waals surface area contributed by atoms with Gasteiger partial charge in [0, 0.05) is 42.6 Å². The first-order valence-electron chi connectivity index (χ1n) is 10.5. The van der Waals surface area contributed by atoms with Crippen LogP contribution in [-0.2, 0) is 12.8 Å². The maximum Gasteiger partial charge on any atom is 0.182 e. The highest BCUT2D eigenvalue weighted by atomic mass is 35.5. The Morgan fingerprint density at radius 3 is 2.82 bits per heavy atom. The fraction of sp³-hybridized carbons (Fsp3) is 0.261. The molecule has 168 valence electrons. The lowest BCUT2D eigenvalue weighted by atomic mass is 9.95. The summed E-state index contributed by atoms with van der Waals surface area (Å²) in [4.78, 5) is 20.0. The normalized spacial score (nSPS) is 10.8. The van der Waals surface area contributed by atoms with Crippen LogP contribution in [-0.4, -0.2) is 49.8 Å². The topological polar surface area (TPSA) is 133 Å². The second-order valence-corrected chi connectivity index (χ2v) is 7.56. The number of ether oxygens (including phenoxy) is 1. The first-order chi connectivity index (χ1) is 16.2. The van der Waals surface area contributed by atoms with E-state index in [1.165, 1.54) is 6.33 Å². The van der Waals surface area contributed by atoms with Gasteiger partial charge in [-0.2, -0.15) is 5.26 Å². The van der Waals surface area contributed by atoms with Crippen molar-refractivity contribution in [1.29, 1.82) is 5.26 Å². The summed E-state index contributed by atoms with van der Waals surface area (Å²) in [6.45, 7) is 2.88. The molecule has 4 rings (SSSR count). The molecule has 9 nitrogen and oxygen atoms in total. The van der Waals surface area contributed by atoms with Crippen molar-refractivity contribution in [3.8, 4) is 22.9 Å². The zero-order valence-corrected chi connectivity index (χ0v) is 18.7. The molecule has 0 atom stereocenters. The maximum atomic E-state index is 9.81. The average molecular weight is 464 g/mol. The van der Waals surface area contributed by atoms with E-state index in [1.54, 1.807) is 18.6 Å². The Bertz CT molecular complexity index is 1300. The quantitative estimate of drug-likeness (QED) is 0.343. The van der Waals surface area contributed by atoms with Crippen molar-refractivity contribution in [3.05, 3.63) is 58.9 Å². The minimum Gasteiger partial charge on any atom is -0.493 e. The number of aliphatic hydroxyl groups is 1. The Kier molecular flexibility index (Phi) is 6.98.